The van der Waals surface area contributed by atoms with E-state index < -0.39 is 0 Å². The average Bonchev–Trinajstić information content (AvgIpc) is 2.26. The largest absolute Gasteiger partial charge is 0.508 e. The molecule has 0 saturated carbocycles. The second-order valence-corrected chi connectivity index (χ2v) is 3.66. The summed E-state index contributed by atoms with van der Waals surface area (Å²) in [5.41, 5.74) is 6.32. The number of hydrogen-bond donors (Lipinski definition) is 3. The van der Waals surface area contributed by atoms with Gasteiger partial charge in [0.15, 0.2) is 0 Å². The van der Waals surface area contributed by atoms with Gasteiger partial charge in [0.25, 0.3) is 0 Å². The van der Waals surface area contributed by atoms with Crippen LogP contribution in [0, 0.1) is 0 Å². The van der Waals surface area contributed by atoms with Gasteiger partial charge in [-0.05, 0) is 37.1 Å². The van der Waals surface area contributed by atoms with Gasteiger partial charge in [-0.25, -0.2) is 0 Å². The normalized spacial score (nSPS) is 10.1. The van der Waals surface area contributed by atoms with Crippen LogP contribution in [0.4, 0.5) is 0 Å². The predicted molar refractivity (Wildman–Crippen MR) is 63.1 cm³/mol. The Morgan fingerprint density at radius 3 is 2.94 bits per heavy atom. The van der Waals surface area contributed by atoms with Gasteiger partial charge in [-0.1, -0.05) is 12.1 Å². The SMILES string of the molecule is NCCCC(=O)NCCc1cccc(O)c1. The quantitative estimate of drug-likeness (QED) is 0.666. The molecule has 4 heteroatoms. The summed E-state index contributed by atoms with van der Waals surface area (Å²) < 4.78 is 0. The molecule has 4 nitrogen and oxygen atoms in total. The zero-order chi connectivity index (χ0) is 11.8. The first kappa shape index (κ1) is 12.5. The number of aromatic hydroxyl groups is 1. The third-order valence-corrected chi connectivity index (χ3v) is 2.25. The highest BCUT2D eigenvalue weighted by molar-refractivity contribution is 5.75. The molecule has 0 saturated heterocycles. The molecule has 88 valence electrons. The summed E-state index contributed by atoms with van der Waals surface area (Å²) in [4.78, 5) is 11.2. The first-order valence-corrected chi connectivity index (χ1v) is 5.47. The number of rotatable bonds is 6. The number of carbonyl (C=O) groups is 1. The van der Waals surface area contributed by atoms with Gasteiger partial charge < -0.3 is 16.2 Å². The molecule has 4 N–H and O–H groups in total. The third kappa shape index (κ3) is 4.79. The maximum atomic E-state index is 11.2. The first-order valence-electron chi connectivity index (χ1n) is 5.47. The van der Waals surface area contributed by atoms with Gasteiger partial charge in [-0.3, -0.25) is 4.79 Å². The number of carbonyl (C=O) groups excluding carboxylic acids is 1. The van der Waals surface area contributed by atoms with Crippen molar-refractivity contribution in [3.63, 3.8) is 0 Å². The number of phenols is 1. The molecule has 0 fully saturated rings. The van der Waals surface area contributed by atoms with Crippen molar-refractivity contribution in [2.45, 2.75) is 19.3 Å². The maximum absolute atomic E-state index is 11.2. The van der Waals surface area contributed by atoms with Crippen molar-refractivity contribution in [3.05, 3.63) is 29.8 Å². The molecule has 0 aliphatic carbocycles. The van der Waals surface area contributed by atoms with Crippen LogP contribution in [0.5, 0.6) is 5.75 Å². The number of hydrogen-bond acceptors (Lipinski definition) is 3. The van der Waals surface area contributed by atoms with Gasteiger partial charge >= 0.3 is 0 Å². The van der Waals surface area contributed by atoms with Gasteiger partial charge in [-0.15, -0.1) is 0 Å². The molecule has 0 aliphatic rings. The Hall–Kier alpha value is -1.55. The Labute approximate surface area is 95.5 Å². The molecule has 0 radical (unpaired) electrons. The second kappa shape index (κ2) is 6.85. The summed E-state index contributed by atoms with van der Waals surface area (Å²) >= 11 is 0. The fourth-order valence-corrected chi connectivity index (χ4v) is 1.41. The van der Waals surface area contributed by atoms with E-state index in [0.29, 0.717) is 19.5 Å². The molecular weight excluding hydrogens is 204 g/mol. The average molecular weight is 222 g/mol. The summed E-state index contributed by atoms with van der Waals surface area (Å²) in [5.74, 6) is 0.289. The number of phenolic OH excluding ortho intramolecular Hbond substituents is 1. The zero-order valence-corrected chi connectivity index (χ0v) is 9.28. The Balaban J connectivity index is 2.22. The van der Waals surface area contributed by atoms with Crippen LogP contribution in [0.25, 0.3) is 0 Å². The fourth-order valence-electron chi connectivity index (χ4n) is 1.41. The first-order chi connectivity index (χ1) is 7.72. The van der Waals surface area contributed by atoms with Crippen LogP contribution in [-0.4, -0.2) is 24.1 Å². The highest BCUT2D eigenvalue weighted by Gasteiger charge is 2.00. The van der Waals surface area contributed by atoms with E-state index in [9.17, 15) is 9.90 Å². The van der Waals surface area contributed by atoms with E-state index in [2.05, 4.69) is 5.32 Å². The van der Waals surface area contributed by atoms with E-state index in [0.717, 1.165) is 18.4 Å². The van der Waals surface area contributed by atoms with Crippen molar-refractivity contribution >= 4 is 5.91 Å². The Kier molecular flexibility index (Phi) is 5.36. The van der Waals surface area contributed by atoms with E-state index in [-0.39, 0.29) is 11.7 Å². The van der Waals surface area contributed by atoms with Gasteiger partial charge in [-0.2, -0.15) is 0 Å². The Bertz CT molecular complexity index is 340. The van der Waals surface area contributed by atoms with E-state index in [4.69, 9.17) is 5.73 Å². The summed E-state index contributed by atoms with van der Waals surface area (Å²) in [6.45, 7) is 1.13. The minimum Gasteiger partial charge on any atom is -0.508 e. The molecule has 0 atom stereocenters. The number of nitrogens with one attached hydrogen (secondary N) is 1. The molecule has 16 heavy (non-hydrogen) atoms. The molecule has 0 heterocycles. The van der Waals surface area contributed by atoms with Crippen LogP contribution < -0.4 is 11.1 Å². The van der Waals surface area contributed by atoms with E-state index in [1.807, 2.05) is 6.07 Å². The highest BCUT2D eigenvalue weighted by atomic mass is 16.3. The molecule has 0 spiro atoms. The van der Waals surface area contributed by atoms with Crippen LogP contribution >= 0.6 is 0 Å². The standard InChI is InChI=1S/C12H18N2O2/c13-7-2-5-12(16)14-8-6-10-3-1-4-11(15)9-10/h1,3-4,9,15H,2,5-8,13H2,(H,14,16). The monoisotopic (exact) mass is 222 g/mol. The molecule has 1 amide bonds. The summed E-state index contributed by atoms with van der Waals surface area (Å²) in [6, 6.07) is 7.04. The lowest BCUT2D eigenvalue weighted by molar-refractivity contribution is -0.121. The van der Waals surface area contributed by atoms with Crippen molar-refractivity contribution in [2.75, 3.05) is 13.1 Å². The lowest BCUT2D eigenvalue weighted by Gasteiger charge is -2.05. The number of benzene rings is 1. The summed E-state index contributed by atoms with van der Waals surface area (Å²) in [5, 5.41) is 12.0. The minimum absolute atomic E-state index is 0.0330. The maximum Gasteiger partial charge on any atom is 0.220 e. The van der Waals surface area contributed by atoms with Crippen LogP contribution in [0.15, 0.2) is 24.3 Å². The van der Waals surface area contributed by atoms with E-state index in [1.165, 1.54) is 0 Å². The topological polar surface area (TPSA) is 75.4 Å². The molecule has 1 aromatic rings. The highest BCUT2D eigenvalue weighted by Crippen LogP contribution is 2.10. The number of amides is 1. The molecule has 0 aliphatic heterocycles. The lowest BCUT2D eigenvalue weighted by atomic mass is 10.1. The second-order valence-electron chi connectivity index (χ2n) is 3.66. The van der Waals surface area contributed by atoms with E-state index >= 15 is 0 Å². The van der Waals surface area contributed by atoms with Gasteiger partial charge in [0.1, 0.15) is 5.75 Å². The Morgan fingerprint density at radius 1 is 1.44 bits per heavy atom. The number of nitrogens with two attached hydrogens (primary N) is 1. The summed E-state index contributed by atoms with van der Waals surface area (Å²) in [6.07, 6.45) is 1.93. The van der Waals surface area contributed by atoms with Crippen molar-refractivity contribution in [1.82, 2.24) is 5.32 Å². The van der Waals surface area contributed by atoms with Gasteiger partial charge in [0.05, 0.1) is 0 Å². The minimum atomic E-state index is 0.0330. The van der Waals surface area contributed by atoms with Crippen molar-refractivity contribution in [3.8, 4) is 5.75 Å². The fraction of sp³-hybridized carbons (Fsp3) is 0.417. The van der Waals surface area contributed by atoms with Crippen molar-refractivity contribution in [2.24, 2.45) is 5.73 Å². The van der Waals surface area contributed by atoms with Crippen molar-refractivity contribution < 1.29 is 9.90 Å². The molecule has 0 aromatic heterocycles. The smallest absolute Gasteiger partial charge is 0.220 e. The lowest BCUT2D eigenvalue weighted by Crippen LogP contribution is -2.25. The van der Waals surface area contributed by atoms with Crippen LogP contribution in [0.3, 0.4) is 0 Å². The molecule has 0 bridgehead atoms. The Morgan fingerprint density at radius 2 is 2.25 bits per heavy atom. The molecule has 1 aromatic carbocycles. The predicted octanol–water partition coefficient (Wildman–Crippen LogP) is 0.790. The molecular formula is C12H18N2O2. The summed E-state index contributed by atoms with van der Waals surface area (Å²) in [7, 11) is 0. The van der Waals surface area contributed by atoms with Crippen LogP contribution in [0.1, 0.15) is 18.4 Å². The van der Waals surface area contributed by atoms with Crippen molar-refractivity contribution in [1.29, 1.82) is 0 Å². The third-order valence-electron chi connectivity index (χ3n) is 2.25. The van der Waals surface area contributed by atoms with E-state index in [1.54, 1.807) is 18.2 Å². The molecule has 0 unspecified atom stereocenters. The molecule has 1 rings (SSSR count). The van der Waals surface area contributed by atoms with Gasteiger partial charge in [0.2, 0.25) is 5.91 Å². The van der Waals surface area contributed by atoms with Gasteiger partial charge in [0, 0.05) is 13.0 Å². The van der Waals surface area contributed by atoms with Crippen LogP contribution in [-0.2, 0) is 11.2 Å². The zero-order valence-electron chi connectivity index (χ0n) is 9.28. The van der Waals surface area contributed by atoms with Crippen LogP contribution in [0.2, 0.25) is 0 Å².